The second-order valence-corrected chi connectivity index (χ2v) is 3.77. The molecule has 1 heterocycles. The van der Waals surface area contributed by atoms with Crippen LogP contribution in [0.25, 0.3) is 0 Å². The largest absolute Gasteiger partial charge is 0.504 e. The number of aliphatic hydroxyl groups excluding tert-OH is 1. The lowest BCUT2D eigenvalue weighted by atomic mass is 10.2. The number of nitrogens with one attached hydrogen (secondary N) is 1. The Balaban J connectivity index is 2.20. The van der Waals surface area contributed by atoms with Crippen molar-refractivity contribution in [2.24, 2.45) is 4.99 Å². The van der Waals surface area contributed by atoms with E-state index < -0.39 is 12.3 Å². The number of phenolic OH excluding ortho intramolecular Hbond substituents is 1. The molecule has 0 amide bonds. The Hall–Kier alpha value is -1.83. The summed E-state index contributed by atoms with van der Waals surface area (Å²) in [5.41, 5.74) is 2.28. The minimum atomic E-state index is -1.19. The third-order valence-corrected chi connectivity index (χ3v) is 2.60. The number of hydrogen-bond acceptors (Lipinski definition) is 7. The Labute approximate surface area is 103 Å². The first-order valence-corrected chi connectivity index (χ1v) is 5.31. The van der Waals surface area contributed by atoms with Gasteiger partial charge in [-0.05, 0) is 18.2 Å². The van der Waals surface area contributed by atoms with E-state index in [1.807, 2.05) is 0 Å². The summed E-state index contributed by atoms with van der Waals surface area (Å²) < 4.78 is 10.2. The van der Waals surface area contributed by atoms with Gasteiger partial charge < -0.3 is 24.9 Å². The number of methoxy groups -OCH3 is 1. The van der Waals surface area contributed by atoms with Gasteiger partial charge in [-0.25, -0.2) is 4.99 Å². The average Bonchev–Trinajstić information content (AvgIpc) is 2.87. The number of benzene rings is 1. The summed E-state index contributed by atoms with van der Waals surface area (Å²) in [7, 11) is 1.46. The fourth-order valence-corrected chi connectivity index (χ4v) is 1.62. The Bertz CT molecular complexity index is 463. The monoisotopic (exact) mass is 254 g/mol. The molecule has 0 fully saturated rings. The molecule has 0 radical (unpaired) electrons. The summed E-state index contributed by atoms with van der Waals surface area (Å²) >= 11 is 0. The summed E-state index contributed by atoms with van der Waals surface area (Å²) in [6.45, 7) is 0.150. The van der Waals surface area contributed by atoms with Crippen molar-refractivity contribution in [3.8, 4) is 11.5 Å². The van der Waals surface area contributed by atoms with Gasteiger partial charge in [0, 0.05) is 5.56 Å². The standard InChI is InChI=1S/C11H14N2O5/c1-17-9-3-2-6(4-8(9)14)11-12-7(5-18-11)10(15)13-16/h2-4,7,10,13-16H,5H2,1H3/t7-,10?/m0/s1. The number of aliphatic hydroxyl groups is 1. The maximum absolute atomic E-state index is 9.64. The molecule has 2 atom stereocenters. The lowest BCUT2D eigenvalue weighted by molar-refractivity contribution is -0.0163. The molecule has 0 aliphatic carbocycles. The van der Waals surface area contributed by atoms with E-state index in [1.165, 1.54) is 13.2 Å². The van der Waals surface area contributed by atoms with Gasteiger partial charge in [0.2, 0.25) is 5.90 Å². The minimum Gasteiger partial charge on any atom is -0.504 e. The Morgan fingerprint density at radius 2 is 2.33 bits per heavy atom. The van der Waals surface area contributed by atoms with Crippen LogP contribution in [0, 0.1) is 0 Å². The zero-order valence-corrected chi connectivity index (χ0v) is 9.70. The molecule has 1 unspecified atom stereocenters. The lowest BCUT2D eigenvalue weighted by Gasteiger charge is -2.10. The summed E-state index contributed by atoms with van der Waals surface area (Å²) in [6, 6.07) is 4.14. The van der Waals surface area contributed by atoms with Gasteiger partial charge in [-0.15, -0.1) is 0 Å². The van der Waals surface area contributed by atoms with Crippen LogP contribution in [0.5, 0.6) is 11.5 Å². The molecule has 18 heavy (non-hydrogen) atoms. The van der Waals surface area contributed by atoms with E-state index in [0.29, 0.717) is 17.2 Å². The van der Waals surface area contributed by atoms with E-state index in [9.17, 15) is 10.2 Å². The van der Waals surface area contributed by atoms with Crippen molar-refractivity contribution in [3.63, 3.8) is 0 Å². The highest BCUT2D eigenvalue weighted by Gasteiger charge is 2.26. The summed E-state index contributed by atoms with van der Waals surface area (Å²) in [4.78, 5) is 4.10. The molecule has 1 aliphatic heterocycles. The zero-order chi connectivity index (χ0) is 13.1. The molecular weight excluding hydrogens is 240 g/mol. The van der Waals surface area contributed by atoms with Crippen molar-refractivity contribution >= 4 is 5.90 Å². The maximum Gasteiger partial charge on any atom is 0.216 e. The molecule has 0 saturated heterocycles. The van der Waals surface area contributed by atoms with E-state index in [4.69, 9.17) is 14.7 Å². The SMILES string of the molecule is COc1ccc(C2=N[C@H](C(O)NO)CO2)cc1O. The van der Waals surface area contributed by atoms with Crippen molar-refractivity contribution in [2.75, 3.05) is 13.7 Å². The first kappa shape index (κ1) is 12.6. The van der Waals surface area contributed by atoms with E-state index in [1.54, 1.807) is 17.6 Å². The predicted octanol–water partition coefficient (Wildman–Crippen LogP) is -0.157. The molecule has 0 aromatic heterocycles. The third kappa shape index (κ3) is 2.37. The molecule has 2 rings (SSSR count). The number of rotatable bonds is 4. The van der Waals surface area contributed by atoms with Gasteiger partial charge in [0.15, 0.2) is 17.7 Å². The second-order valence-electron chi connectivity index (χ2n) is 3.77. The van der Waals surface area contributed by atoms with Gasteiger partial charge in [0.1, 0.15) is 12.6 Å². The van der Waals surface area contributed by atoms with Gasteiger partial charge in [-0.3, -0.25) is 0 Å². The Morgan fingerprint density at radius 1 is 1.56 bits per heavy atom. The summed E-state index contributed by atoms with van der Waals surface area (Å²) in [5, 5.41) is 27.6. The van der Waals surface area contributed by atoms with Crippen LogP contribution in [-0.2, 0) is 4.74 Å². The van der Waals surface area contributed by atoms with Crippen LogP contribution in [0.2, 0.25) is 0 Å². The van der Waals surface area contributed by atoms with E-state index in [2.05, 4.69) is 4.99 Å². The molecule has 7 heteroatoms. The van der Waals surface area contributed by atoms with Gasteiger partial charge in [-0.1, -0.05) is 0 Å². The molecule has 0 bridgehead atoms. The van der Waals surface area contributed by atoms with Gasteiger partial charge >= 0.3 is 0 Å². The molecule has 1 aromatic rings. The highest BCUT2D eigenvalue weighted by molar-refractivity contribution is 5.95. The van der Waals surface area contributed by atoms with Crippen LogP contribution in [-0.4, -0.2) is 47.3 Å². The number of nitrogens with zero attached hydrogens (tertiary/aromatic N) is 1. The van der Waals surface area contributed by atoms with Crippen LogP contribution in [0.1, 0.15) is 5.56 Å². The van der Waals surface area contributed by atoms with E-state index in [0.717, 1.165) is 0 Å². The highest BCUT2D eigenvalue weighted by atomic mass is 16.5. The van der Waals surface area contributed by atoms with E-state index >= 15 is 0 Å². The highest BCUT2D eigenvalue weighted by Crippen LogP contribution is 2.27. The molecule has 1 aromatic carbocycles. The quantitative estimate of drug-likeness (QED) is 0.440. The number of aromatic hydroxyl groups is 1. The number of hydrogen-bond donors (Lipinski definition) is 4. The zero-order valence-electron chi connectivity index (χ0n) is 9.70. The lowest BCUT2D eigenvalue weighted by Crippen LogP contribution is -2.37. The van der Waals surface area contributed by atoms with Crippen LogP contribution in [0.3, 0.4) is 0 Å². The topological polar surface area (TPSA) is 104 Å². The second kappa shape index (κ2) is 5.21. The van der Waals surface area contributed by atoms with Crippen molar-refractivity contribution in [1.82, 2.24) is 5.48 Å². The van der Waals surface area contributed by atoms with Gasteiger partial charge in [-0.2, -0.15) is 5.48 Å². The van der Waals surface area contributed by atoms with Crippen LogP contribution in [0.15, 0.2) is 23.2 Å². The van der Waals surface area contributed by atoms with Crippen molar-refractivity contribution in [2.45, 2.75) is 12.3 Å². The fourth-order valence-electron chi connectivity index (χ4n) is 1.62. The molecule has 4 N–H and O–H groups in total. The van der Waals surface area contributed by atoms with Crippen LogP contribution in [0.4, 0.5) is 0 Å². The summed E-state index contributed by atoms with van der Waals surface area (Å²) in [6.07, 6.45) is -1.19. The minimum absolute atomic E-state index is 0.0226. The smallest absolute Gasteiger partial charge is 0.216 e. The van der Waals surface area contributed by atoms with Crippen LogP contribution < -0.4 is 10.2 Å². The predicted molar refractivity (Wildman–Crippen MR) is 61.9 cm³/mol. The van der Waals surface area contributed by atoms with Gasteiger partial charge in [0.25, 0.3) is 0 Å². The normalized spacial score (nSPS) is 20.2. The number of ether oxygens (including phenoxy) is 2. The van der Waals surface area contributed by atoms with Crippen molar-refractivity contribution < 1.29 is 24.9 Å². The molecule has 1 aliphatic rings. The van der Waals surface area contributed by atoms with Crippen molar-refractivity contribution in [3.05, 3.63) is 23.8 Å². The molecule has 0 saturated carbocycles. The third-order valence-electron chi connectivity index (χ3n) is 2.60. The number of phenols is 1. The van der Waals surface area contributed by atoms with E-state index in [-0.39, 0.29) is 12.4 Å². The first-order valence-electron chi connectivity index (χ1n) is 5.31. The number of hydroxylamine groups is 1. The van der Waals surface area contributed by atoms with Gasteiger partial charge in [0.05, 0.1) is 7.11 Å². The van der Waals surface area contributed by atoms with Crippen molar-refractivity contribution in [1.29, 1.82) is 0 Å². The Kier molecular flexibility index (Phi) is 3.66. The average molecular weight is 254 g/mol. The van der Waals surface area contributed by atoms with Crippen LogP contribution >= 0.6 is 0 Å². The summed E-state index contributed by atoms with van der Waals surface area (Å²) in [5.74, 6) is 0.629. The fraction of sp³-hybridized carbons (Fsp3) is 0.364. The molecule has 0 spiro atoms. The Morgan fingerprint density at radius 3 is 2.94 bits per heavy atom. The maximum atomic E-state index is 9.64. The molecular formula is C11H14N2O5. The first-order chi connectivity index (χ1) is 8.65. The number of aliphatic imine (C=N–C) groups is 1. The molecule has 98 valence electrons. The molecule has 7 nitrogen and oxygen atoms in total.